The minimum Gasteiger partial charge on any atom is -0.743 e. The molecule has 8 nitrogen and oxygen atoms in total. The van der Waals surface area contributed by atoms with E-state index in [1.165, 1.54) is 30.3 Å². The standard InChI is InChI=1S/C18H17F8NO7S/c1-11(19)13(28)34-16(17(22,23)24,14(29)27-10-12-6-3-2-4-7-12)33-9-5-8-15(20,21)18(25,26)35(30,31)32/h2-4,6-7H,1,5,8-10H2,(H,27,29)(H,30,31,32)/p-1. The first kappa shape index (κ1) is 30.2. The lowest BCUT2D eigenvalue weighted by molar-refractivity contribution is -0.347. The number of rotatable bonds is 12. The van der Waals surface area contributed by atoms with Crippen LogP contribution in [0, 0.1) is 0 Å². The molecular weight excluding hydrogens is 526 g/mol. The van der Waals surface area contributed by atoms with Crippen molar-refractivity contribution >= 4 is 22.0 Å². The molecule has 0 radical (unpaired) electrons. The Morgan fingerprint density at radius 2 is 1.57 bits per heavy atom. The van der Waals surface area contributed by atoms with E-state index < -0.39 is 77.0 Å². The molecule has 1 aromatic rings. The molecule has 198 valence electrons. The molecule has 0 fully saturated rings. The maximum absolute atomic E-state index is 13.8. The van der Waals surface area contributed by atoms with Crippen LogP contribution in [-0.4, -0.2) is 54.6 Å². The van der Waals surface area contributed by atoms with Crippen molar-refractivity contribution in [3.63, 3.8) is 0 Å². The van der Waals surface area contributed by atoms with Gasteiger partial charge in [-0.25, -0.2) is 13.2 Å². The van der Waals surface area contributed by atoms with Crippen LogP contribution in [0.1, 0.15) is 18.4 Å². The van der Waals surface area contributed by atoms with Gasteiger partial charge in [-0.1, -0.05) is 36.9 Å². The average molecular weight is 542 g/mol. The zero-order chi connectivity index (χ0) is 27.3. The summed E-state index contributed by atoms with van der Waals surface area (Å²) in [5.74, 6) is -17.0. The molecule has 0 saturated carbocycles. The summed E-state index contributed by atoms with van der Waals surface area (Å²) in [6.07, 6.45) is -9.68. The number of hydrogen-bond acceptors (Lipinski definition) is 7. The first-order valence-electron chi connectivity index (χ1n) is 9.10. The third-order valence-corrected chi connectivity index (χ3v) is 5.03. The molecule has 1 amide bonds. The number of hydrogen-bond donors (Lipinski definition) is 1. The number of carbonyl (C=O) groups is 2. The highest BCUT2D eigenvalue weighted by Gasteiger charge is 2.67. The smallest absolute Gasteiger partial charge is 0.466 e. The van der Waals surface area contributed by atoms with Gasteiger partial charge in [-0.15, -0.1) is 0 Å². The van der Waals surface area contributed by atoms with E-state index in [9.17, 15) is 57.7 Å². The summed E-state index contributed by atoms with van der Waals surface area (Å²) in [6, 6.07) is 7.14. The van der Waals surface area contributed by atoms with Crippen LogP contribution in [0.5, 0.6) is 0 Å². The largest absolute Gasteiger partial charge is 0.743 e. The highest BCUT2D eigenvalue weighted by molar-refractivity contribution is 7.86. The van der Waals surface area contributed by atoms with Crippen molar-refractivity contribution in [2.45, 2.75) is 42.5 Å². The van der Waals surface area contributed by atoms with Crippen molar-refractivity contribution in [1.29, 1.82) is 0 Å². The lowest BCUT2D eigenvalue weighted by Gasteiger charge is -2.33. The van der Waals surface area contributed by atoms with Crippen LogP contribution in [0.25, 0.3) is 0 Å². The number of halogens is 8. The second-order valence-corrected chi connectivity index (χ2v) is 8.13. The van der Waals surface area contributed by atoms with Crippen molar-refractivity contribution in [3.8, 4) is 0 Å². The molecule has 0 aliphatic rings. The molecule has 0 aromatic heterocycles. The van der Waals surface area contributed by atoms with Crippen molar-refractivity contribution in [2.24, 2.45) is 0 Å². The lowest BCUT2D eigenvalue weighted by atomic mass is 10.1. The van der Waals surface area contributed by atoms with Crippen LogP contribution >= 0.6 is 0 Å². The summed E-state index contributed by atoms with van der Waals surface area (Å²) in [6.45, 7) is 0.106. The summed E-state index contributed by atoms with van der Waals surface area (Å²) in [4.78, 5) is 23.8. The van der Waals surface area contributed by atoms with E-state index in [0.29, 0.717) is 0 Å². The van der Waals surface area contributed by atoms with Crippen molar-refractivity contribution in [2.75, 3.05) is 6.61 Å². The molecular formula is C18H16F8NO7S-. The molecule has 0 aliphatic heterocycles. The third-order valence-electron chi connectivity index (χ3n) is 4.11. The molecule has 0 saturated heterocycles. The Labute approximate surface area is 192 Å². The maximum atomic E-state index is 13.8. The molecule has 17 heteroatoms. The fourth-order valence-electron chi connectivity index (χ4n) is 2.33. The van der Waals surface area contributed by atoms with Crippen molar-refractivity contribution < 1.29 is 67.2 Å². The SMILES string of the molecule is C=C(F)C(=O)OC(OCCCC(F)(F)C(F)(F)S(=O)(=O)[O-])(C(=O)NCc1ccccc1)C(F)(F)F. The van der Waals surface area contributed by atoms with Crippen molar-refractivity contribution in [1.82, 2.24) is 5.32 Å². The molecule has 0 heterocycles. The minimum atomic E-state index is -6.86. The van der Waals surface area contributed by atoms with Gasteiger partial charge in [-0.05, 0) is 12.0 Å². The molecule has 1 unspecified atom stereocenters. The third kappa shape index (κ3) is 7.11. The van der Waals surface area contributed by atoms with Gasteiger partial charge in [0, 0.05) is 13.0 Å². The Morgan fingerprint density at radius 1 is 1.03 bits per heavy atom. The number of nitrogens with one attached hydrogen (secondary N) is 1. The Morgan fingerprint density at radius 3 is 2.03 bits per heavy atom. The van der Waals surface area contributed by atoms with E-state index in [-0.39, 0.29) is 5.56 Å². The van der Waals surface area contributed by atoms with E-state index in [4.69, 9.17) is 0 Å². The van der Waals surface area contributed by atoms with Gasteiger partial charge in [0.1, 0.15) is 0 Å². The van der Waals surface area contributed by atoms with E-state index in [1.54, 1.807) is 5.32 Å². The summed E-state index contributed by atoms with van der Waals surface area (Å²) in [7, 11) is -6.86. The van der Waals surface area contributed by atoms with E-state index in [2.05, 4.69) is 16.1 Å². The number of carbonyl (C=O) groups excluding carboxylic acids is 2. The molecule has 0 spiro atoms. The summed E-state index contributed by atoms with van der Waals surface area (Å²) in [5.41, 5.74) is 0.235. The van der Waals surface area contributed by atoms with Crippen LogP contribution in [-0.2, 0) is 35.7 Å². The molecule has 1 aromatic carbocycles. The topological polar surface area (TPSA) is 122 Å². The molecule has 1 rings (SSSR count). The van der Waals surface area contributed by atoms with E-state index in [1.807, 2.05) is 0 Å². The van der Waals surface area contributed by atoms with Gasteiger partial charge in [0.25, 0.3) is 0 Å². The van der Waals surface area contributed by atoms with Gasteiger partial charge in [-0.3, -0.25) is 4.79 Å². The van der Waals surface area contributed by atoms with Gasteiger partial charge >= 0.3 is 35.0 Å². The molecule has 1 atom stereocenters. The van der Waals surface area contributed by atoms with Crippen LogP contribution < -0.4 is 5.32 Å². The first-order chi connectivity index (χ1) is 15.8. The van der Waals surface area contributed by atoms with Gasteiger partial charge < -0.3 is 19.3 Å². The van der Waals surface area contributed by atoms with Crippen LogP contribution in [0.4, 0.5) is 35.1 Å². The number of amides is 1. The monoisotopic (exact) mass is 542 g/mol. The maximum Gasteiger partial charge on any atom is 0.466 e. The number of esters is 1. The average Bonchev–Trinajstić information content (AvgIpc) is 2.72. The fourth-order valence-corrected chi connectivity index (χ4v) is 2.80. The summed E-state index contributed by atoms with van der Waals surface area (Å²) < 4.78 is 147. The highest BCUT2D eigenvalue weighted by atomic mass is 32.2. The number of benzene rings is 1. The molecule has 0 bridgehead atoms. The second-order valence-electron chi connectivity index (χ2n) is 6.70. The van der Waals surface area contributed by atoms with E-state index >= 15 is 0 Å². The number of ether oxygens (including phenoxy) is 2. The molecule has 0 aliphatic carbocycles. The predicted molar refractivity (Wildman–Crippen MR) is 98.2 cm³/mol. The van der Waals surface area contributed by atoms with Crippen molar-refractivity contribution in [3.05, 3.63) is 48.3 Å². The molecule has 1 N–H and O–H groups in total. The van der Waals surface area contributed by atoms with Gasteiger partial charge in [0.15, 0.2) is 10.1 Å². The predicted octanol–water partition coefficient (Wildman–Crippen LogP) is 3.16. The fraction of sp³-hybridized carbons (Fsp3) is 0.444. The second kappa shape index (κ2) is 10.9. The Kier molecular flexibility index (Phi) is 9.38. The van der Waals surface area contributed by atoms with E-state index in [0.717, 1.165) is 0 Å². The quantitative estimate of drug-likeness (QED) is 0.108. The Hall–Kier alpha value is -2.79. The zero-order valence-corrected chi connectivity index (χ0v) is 18.0. The minimum absolute atomic E-state index is 0.235. The Balaban J connectivity index is 3.15. The van der Waals surface area contributed by atoms with Crippen LogP contribution in [0.3, 0.4) is 0 Å². The van der Waals surface area contributed by atoms with Crippen LogP contribution in [0.2, 0.25) is 0 Å². The lowest BCUT2D eigenvalue weighted by Crippen LogP contribution is -2.61. The summed E-state index contributed by atoms with van der Waals surface area (Å²) in [5, 5.41) is -4.43. The first-order valence-corrected chi connectivity index (χ1v) is 10.5. The normalized spacial score (nSPS) is 14.7. The van der Waals surface area contributed by atoms with Gasteiger partial charge in [0.2, 0.25) is 5.83 Å². The van der Waals surface area contributed by atoms with Crippen LogP contribution in [0.15, 0.2) is 42.7 Å². The zero-order valence-electron chi connectivity index (χ0n) is 17.2. The number of alkyl halides is 7. The summed E-state index contributed by atoms with van der Waals surface area (Å²) >= 11 is 0. The Bertz CT molecular complexity index is 1030. The highest BCUT2D eigenvalue weighted by Crippen LogP contribution is 2.42. The van der Waals surface area contributed by atoms with Gasteiger partial charge in [-0.2, -0.15) is 35.1 Å². The molecule has 35 heavy (non-hydrogen) atoms. The van der Waals surface area contributed by atoms with Gasteiger partial charge in [0.05, 0.1) is 6.61 Å².